The summed E-state index contributed by atoms with van der Waals surface area (Å²) in [6.45, 7) is 1.98. The molecule has 0 saturated carbocycles. The lowest BCUT2D eigenvalue weighted by Crippen LogP contribution is -1.91. The number of nitrogens with one attached hydrogen (secondary N) is 1. The molecule has 3 nitrogen and oxygen atoms in total. The van der Waals surface area contributed by atoms with Gasteiger partial charge >= 0.3 is 6.07 Å². The zero-order valence-corrected chi connectivity index (χ0v) is 9.01. The Morgan fingerprint density at radius 1 is 1.12 bits per heavy atom. The van der Waals surface area contributed by atoms with Gasteiger partial charge < -0.3 is 0 Å². The summed E-state index contributed by atoms with van der Waals surface area (Å²) >= 11 is 0. The summed E-state index contributed by atoms with van der Waals surface area (Å²) < 4.78 is 0. The third-order valence-corrected chi connectivity index (χ3v) is 2.13. The molecule has 0 bridgehead atoms. The fourth-order valence-electron chi connectivity index (χ4n) is 1.26. The van der Waals surface area contributed by atoms with E-state index in [1.54, 1.807) is 6.20 Å². The van der Waals surface area contributed by atoms with Crippen LogP contribution in [0.4, 0.5) is 5.82 Å². The molecule has 0 aliphatic rings. The van der Waals surface area contributed by atoms with Crippen molar-refractivity contribution >= 4 is 5.82 Å². The van der Waals surface area contributed by atoms with Crippen molar-refractivity contribution in [3.05, 3.63) is 64.7 Å². The van der Waals surface area contributed by atoms with Gasteiger partial charge in [-0.1, -0.05) is 24.3 Å². The molecule has 2 rings (SSSR count). The number of rotatable bonds is 1. The minimum atomic E-state index is 0.755. The number of aromatic nitrogens is 1. The molecule has 0 atom stereocenters. The van der Waals surface area contributed by atoms with E-state index in [-0.39, 0.29) is 0 Å². The summed E-state index contributed by atoms with van der Waals surface area (Å²) in [6, 6.07) is 16.5. The van der Waals surface area contributed by atoms with Crippen LogP contribution >= 0.6 is 0 Å². The first kappa shape index (κ1) is 10.2. The lowest BCUT2D eigenvalue weighted by atomic mass is 10.2. The molecule has 16 heavy (non-hydrogen) atoms. The summed E-state index contributed by atoms with van der Waals surface area (Å²) in [5.74, 6) is 0.755. The first-order valence-corrected chi connectivity index (χ1v) is 5.05. The van der Waals surface area contributed by atoms with Crippen LogP contribution in [0.2, 0.25) is 0 Å². The van der Waals surface area contributed by atoms with Gasteiger partial charge in [0.05, 0.1) is 4.95 Å². The molecule has 0 saturated heterocycles. The van der Waals surface area contributed by atoms with Gasteiger partial charge in [0.2, 0.25) is 5.82 Å². The van der Waals surface area contributed by atoms with E-state index in [1.165, 1.54) is 0 Å². The van der Waals surface area contributed by atoms with Crippen molar-refractivity contribution in [2.24, 2.45) is 0 Å². The molecule has 0 aliphatic carbocycles. The number of pyridine rings is 1. The SMILES string of the molecule is Cc1cccnc1N[N+]#Cc1ccccc1. The molecule has 3 heteroatoms. The highest BCUT2D eigenvalue weighted by molar-refractivity contribution is 5.45. The Morgan fingerprint density at radius 3 is 2.69 bits per heavy atom. The van der Waals surface area contributed by atoms with Gasteiger partial charge in [-0.3, -0.25) is 0 Å². The van der Waals surface area contributed by atoms with Crippen LogP contribution in [-0.2, 0) is 0 Å². The fourth-order valence-corrected chi connectivity index (χ4v) is 1.26. The number of benzene rings is 1. The Hall–Kier alpha value is -2.34. The maximum absolute atomic E-state index is 4.16. The highest BCUT2D eigenvalue weighted by Crippen LogP contribution is 2.08. The first-order valence-electron chi connectivity index (χ1n) is 5.05. The number of anilines is 1. The fraction of sp³-hybridized carbons (Fsp3) is 0.0769. The van der Waals surface area contributed by atoms with Gasteiger partial charge in [-0.2, -0.15) is 0 Å². The highest BCUT2D eigenvalue weighted by Gasteiger charge is 2.00. The Morgan fingerprint density at radius 2 is 1.94 bits per heavy atom. The Labute approximate surface area is 94.6 Å². The average Bonchev–Trinajstić information content (AvgIpc) is 2.33. The van der Waals surface area contributed by atoms with Crippen LogP contribution in [0.25, 0.3) is 4.95 Å². The molecule has 1 heterocycles. The second-order valence-electron chi connectivity index (χ2n) is 3.37. The zero-order valence-electron chi connectivity index (χ0n) is 9.01. The second-order valence-corrected chi connectivity index (χ2v) is 3.37. The van der Waals surface area contributed by atoms with Crippen molar-refractivity contribution < 1.29 is 0 Å². The van der Waals surface area contributed by atoms with Gasteiger partial charge in [-0.05, 0) is 36.1 Å². The third kappa shape index (κ3) is 2.58. The van der Waals surface area contributed by atoms with Crippen molar-refractivity contribution in [3.63, 3.8) is 0 Å². The molecular formula is C13H12N3+. The van der Waals surface area contributed by atoms with E-state index >= 15 is 0 Å². The number of hydrogen-bond acceptors (Lipinski definition) is 2. The summed E-state index contributed by atoms with van der Waals surface area (Å²) in [7, 11) is 0. The molecule has 0 amide bonds. The molecule has 0 radical (unpaired) electrons. The molecule has 1 N–H and O–H groups in total. The van der Waals surface area contributed by atoms with Crippen LogP contribution < -0.4 is 5.43 Å². The van der Waals surface area contributed by atoms with Gasteiger partial charge in [-0.15, -0.1) is 0 Å². The van der Waals surface area contributed by atoms with Gasteiger partial charge in [0.1, 0.15) is 5.56 Å². The van der Waals surface area contributed by atoms with Crippen LogP contribution in [-0.4, -0.2) is 4.98 Å². The van der Waals surface area contributed by atoms with Crippen molar-refractivity contribution in [3.8, 4) is 6.07 Å². The smallest absolute Gasteiger partial charge is 0.233 e. The molecule has 0 spiro atoms. The molecular weight excluding hydrogens is 198 g/mol. The molecule has 0 aliphatic heterocycles. The predicted molar refractivity (Wildman–Crippen MR) is 65.4 cm³/mol. The molecule has 78 valence electrons. The normalized spacial score (nSPS) is 9.06. The van der Waals surface area contributed by atoms with E-state index in [0.29, 0.717) is 0 Å². The monoisotopic (exact) mass is 210 g/mol. The van der Waals surface area contributed by atoms with Crippen LogP contribution in [0, 0.1) is 13.0 Å². The maximum Gasteiger partial charge on any atom is 0.357 e. The lowest BCUT2D eigenvalue weighted by molar-refractivity contribution is 1.25. The number of hydrogen-bond donors (Lipinski definition) is 1. The number of nitrogens with zero attached hydrogens (tertiary/aromatic N) is 2. The van der Waals surface area contributed by atoms with E-state index in [0.717, 1.165) is 16.9 Å². The van der Waals surface area contributed by atoms with Crippen molar-refractivity contribution in [1.29, 1.82) is 0 Å². The van der Waals surface area contributed by atoms with Crippen molar-refractivity contribution in [1.82, 2.24) is 4.98 Å². The van der Waals surface area contributed by atoms with Crippen LogP contribution in [0.5, 0.6) is 0 Å². The first-order chi connectivity index (χ1) is 7.86. The van der Waals surface area contributed by atoms with E-state index < -0.39 is 0 Å². The van der Waals surface area contributed by atoms with E-state index in [2.05, 4.69) is 21.4 Å². The van der Waals surface area contributed by atoms with Gasteiger partial charge in [-0.25, -0.2) is 4.98 Å². The highest BCUT2D eigenvalue weighted by atomic mass is 15.3. The van der Waals surface area contributed by atoms with E-state index in [9.17, 15) is 0 Å². The minimum Gasteiger partial charge on any atom is -0.233 e. The maximum atomic E-state index is 4.16. The van der Waals surface area contributed by atoms with Crippen LogP contribution in [0.1, 0.15) is 11.1 Å². The van der Waals surface area contributed by atoms with Crippen LogP contribution in [0.3, 0.4) is 0 Å². The van der Waals surface area contributed by atoms with Crippen LogP contribution in [0.15, 0.2) is 48.7 Å². The average molecular weight is 210 g/mol. The Balaban J connectivity index is 2.09. The Bertz CT molecular complexity index is 524. The van der Waals surface area contributed by atoms with E-state index in [1.807, 2.05) is 49.4 Å². The molecule has 0 fully saturated rings. The lowest BCUT2D eigenvalue weighted by Gasteiger charge is -1.92. The number of aryl methyl sites for hydroxylation is 1. The molecule has 2 aromatic rings. The van der Waals surface area contributed by atoms with Crippen molar-refractivity contribution in [2.45, 2.75) is 6.92 Å². The molecule has 1 aromatic heterocycles. The van der Waals surface area contributed by atoms with Gasteiger partial charge in [0, 0.05) is 6.20 Å². The largest absolute Gasteiger partial charge is 0.357 e. The third-order valence-electron chi connectivity index (χ3n) is 2.13. The predicted octanol–water partition coefficient (Wildman–Crippen LogP) is 3.10. The minimum absolute atomic E-state index is 0.755. The summed E-state index contributed by atoms with van der Waals surface area (Å²) in [5, 5.41) is 0. The quantitative estimate of drug-likeness (QED) is 0.733. The Kier molecular flexibility index (Phi) is 3.15. The second kappa shape index (κ2) is 4.94. The van der Waals surface area contributed by atoms with Crippen molar-refractivity contribution in [2.75, 3.05) is 5.43 Å². The summed E-state index contributed by atoms with van der Waals surface area (Å²) in [6.07, 6.45) is 1.73. The molecule has 1 aromatic carbocycles. The summed E-state index contributed by atoms with van der Waals surface area (Å²) in [4.78, 5) is 8.17. The molecule has 0 unspecified atom stereocenters. The van der Waals surface area contributed by atoms with E-state index in [4.69, 9.17) is 0 Å². The standard InChI is InChI=1S/C13H12N3/c1-11-6-5-9-14-13(11)16-15-10-12-7-3-2-4-8-12/h2-9H,1H3,(H,14,16)/q+1. The summed E-state index contributed by atoms with van der Waals surface area (Å²) in [5.41, 5.74) is 4.85. The van der Waals surface area contributed by atoms with Gasteiger partial charge in [0.25, 0.3) is 0 Å². The van der Waals surface area contributed by atoms with Gasteiger partial charge in [0.15, 0.2) is 0 Å². The topological polar surface area (TPSA) is 29.3 Å². The zero-order chi connectivity index (χ0) is 11.2.